The van der Waals surface area contributed by atoms with E-state index in [1.165, 1.54) is 0 Å². The monoisotopic (exact) mass is 291 g/mol. The summed E-state index contributed by atoms with van der Waals surface area (Å²) in [6, 6.07) is 0. The standard InChI is InChI=1S/C17H25NO3/c1-4-8-13-14(19)18-17(15(20)21-16(13,17)3)11(2)12-9-6-5-7-10-12/h6,9,11-13H,4-5,7-8,10H2,1-3H3,(H,18,19)/t11-,12-,13+,16+,17+/m1/s1. The largest absolute Gasteiger partial charge is 0.453 e. The zero-order chi connectivity index (χ0) is 15.3. The van der Waals surface area contributed by atoms with Gasteiger partial charge in [-0.15, -0.1) is 0 Å². The molecule has 5 atom stereocenters. The molecular formula is C17H25NO3. The molecule has 0 unspecified atom stereocenters. The Bertz CT molecular complexity index is 500. The Hall–Kier alpha value is -1.32. The molecule has 0 aromatic heterocycles. The molecular weight excluding hydrogens is 266 g/mol. The molecule has 0 saturated carbocycles. The molecule has 116 valence electrons. The maximum absolute atomic E-state index is 12.4. The van der Waals surface area contributed by atoms with Crippen LogP contribution in [0.4, 0.5) is 0 Å². The van der Waals surface area contributed by atoms with Gasteiger partial charge in [-0.3, -0.25) is 4.79 Å². The molecule has 2 saturated heterocycles. The highest BCUT2D eigenvalue weighted by Crippen LogP contribution is 2.55. The van der Waals surface area contributed by atoms with E-state index < -0.39 is 11.1 Å². The van der Waals surface area contributed by atoms with Crippen LogP contribution in [-0.4, -0.2) is 23.0 Å². The van der Waals surface area contributed by atoms with Crippen molar-refractivity contribution >= 4 is 11.9 Å². The summed E-state index contributed by atoms with van der Waals surface area (Å²) in [5.74, 6) is -0.0619. The van der Waals surface area contributed by atoms with Gasteiger partial charge in [-0.25, -0.2) is 4.79 Å². The van der Waals surface area contributed by atoms with Crippen molar-refractivity contribution in [1.29, 1.82) is 0 Å². The summed E-state index contributed by atoms with van der Waals surface area (Å²) < 4.78 is 5.56. The summed E-state index contributed by atoms with van der Waals surface area (Å²) in [6.07, 6.45) is 9.44. The first-order chi connectivity index (χ1) is 9.97. The Morgan fingerprint density at radius 3 is 2.81 bits per heavy atom. The van der Waals surface area contributed by atoms with Gasteiger partial charge in [0.25, 0.3) is 0 Å². The number of esters is 1. The summed E-state index contributed by atoms with van der Waals surface area (Å²) >= 11 is 0. The molecule has 2 fully saturated rings. The van der Waals surface area contributed by atoms with E-state index in [0.717, 1.165) is 32.1 Å². The molecule has 3 rings (SSSR count). The van der Waals surface area contributed by atoms with Crippen molar-refractivity contribution in [3.63, 3.8) is 0 Å². The number of hydrogen-bond acceptors (Lipinski definition) is 3. The van der Waals surface area contributed by atoms with E-state index in [4.69, 9.17) is 4.74 Å². The maximum Gasteiger partial charge on any atom is 0.337 e. The fourth-order valence-electron chi connectivity index (χ4n) is 4.59. The highest BCUT2D eigenvalue weighted by atomic mass is 16.6. The van der Waals surface area contributed by atoms with Crippen molar-refractivity contribution in [2.75, 3.05) is 0 Å². The average molecular weight is 291 g/mol. The molecule has 2 heterocycles. The van der Waals surface area contributed by atoms with E-state index in [1.54, 1.807) is 0 Å². The topological polar surface area (TPSA) is 55.4 Å². The third-order valence-electron chi connectivity index (χ3n) is 5.91. The van der Waals surface area contributed by atoms with E-state index in [0.29, 0.717) is 5.92 Å². The normalized spacial score (nSPS) is 42.8. The summed E-state index contributed by atoms with van der Waals surface area (Å²) in [7, 11) is 0. The fourth-order valence-corrected chi connectivity index (χ4v) is 4.59. The second-order valence-electron chi connectivity index (χ2n) is 6.95. The lowest BCUT2D eigenvalue weighted by molar-refractivity contribution is -0.230. The van der Waals surface area contributed by atoms with Crippen LogP contribution in [0.5, 0.6) is 0 Å². The Balaban J connectivity index is 1.94. The number of fused-ring (bicyclic) bond motifs is 1. The van der Waals surface area contributed by atoms with Crippen molar-refractivity contribution < 1.29 is 14.3 Å². The number of carbonyl (C=O) groups is 2. The molecule has 0 bridgehead atoms. The second-order valence-corrected chi connectivity index (χ2v) is 6.95. The van der Waals surface area contributed by atoms with Gasteiger partial charge in [0.05, 0.1) is 5.92 Å². The number of rotatable bonds is 4. The average Bonchev–Trinajstić information content (AvgIpc) is 2.65. The minimum atomic E-state index is -0.823. The molecule has 1 amide bonds. The molecule has 0 radical (unpaired) electrons. The minimum absolute atomic E-state index is 0.0168. The third kappa shape index (κ3) is 1.74. The zero-order valence-corrected chi connectivity index (χ0v) is 13.1. The van der Waals surface area contributed by atoms with E-state index in [1.807, 2.05) is 6.92 Å². The van der Waals surface area contributed by atoms with E-state index in [9.17, 15) is 9.59 Å². The number of carbonyl (C=O) groups excluding carboxylic acids is 2. The van der Waals surface area contributed by atoms with Crippen molar-refractivity contribution in [1.82, 2.24) is 5.32 Å². The van der Waals surface area contributed by atoms with E-state index >= 15 is 0 Å². The molecule has 4 nitrogen and oxygen atoms in total. The van der Waals surface area contributed by atoms with Crippen LogP contribution in [0.25, 0.3) is 0 Å². The summed E-state index contributed by atoms with van der Waals surface area (Å²) in [6.45, 7) is 6.09. The first-order valence-corrected chi connectivity index (χ1v) is 8.19. The van der Waals surface area contributed by atoms with Crippen molar-refractivity contribution in [3.05, 3.63) is 12.2 Å². The molecule has 0 spiro atoms. The van der Waals surface area contributed by atoms with Gasteiger partial charge in [-0.2, -0.15) is 0 Å². The van der Waals surface area contributed by atoms with Crippen LogP contribution >= 0.6 is 0 Å². The SMILES string of the molecule is CCC[C@H]1C(=O)N[C@@]2([C@H](C)[C@@H]3C=CCCC3)C(=O)O[C@@]12C. The number of allylic oxidation sites excluding steroid dienone is 2. The molecule has 4 heteroatoms. The van der Waals surface area contributed by atoms with E-state index in [2.05, 4.69) is 31.3 Å². The predicted octanol–water partition coefficient (Wildman–Crippen LogP) is 2.58. The molecule has 0 aromatic rings. The Morgan fingerprint density at radius 1 is 1.48 bits per heavy atom. The van der Waals surface area contributed by atoms with Crippen LogP contribution in [0.15, 0.2) is 12.2 Å². The number of amides is 1. The first-order valence-electron chi connectivity index (χ1n) is 8.19. The summed E-state index contributed by atoms with van der Waals surface area (Å²) in [5, 5.41) is 3.04. The smallest absolute Gasteiger partial charge is 0.337 e. The van der Waals surface area contributed by atoms with Gasteiger partial charge in [0.2, 0.25) is 5.91 Å². The highest BCUT2D eigenvalue weighted by Gasteiger charge is 2.78. The molecule has 1 aliphatic carbocycles. The second kappa shape index (κ2) is 4.85. The Labute approximate surface area is 126 Å². The lowest BCUT2D eigenvalue weighted by Crippen LogP contribution is -2.77. The van der Waals surface area contributed by atoms with Gasteiger partial charge < -0.3 is 10.1 Å². The molecule has 1 N–H and O–H groups in total. The highest BCUT2D eigenvalue weighted by molar-refractivity contribution is 6.01. The molecule has 2 aliphatic heterocycles. The zero-order valence-electron chi connectivity index (χ0n) is 13.1. The molecule has 0 aromatic carbocycles. The van der Waals surface area contributed by atoms with Gasteiger partial charge >= 0.3 is 5.97 Å². The number of ether oxygens (including phenoxy) is 1. The van der Waals surface area contributed by atoms with Crippen LogP contribution in [0, 0.1) is 17.8 Å². The van der Waals surface area contributed by atoms with Gasteiger partial charge in [0.1, 0.15) is 0 Å². The first kappa shape index (κ1) is 14.6. The van der Waals surface area contributed by atoms with Crippen molar-refractivity contribution in [2.24, 2.45) is 17.8 Å². The molecule has 21 heavy (non-hydrogen) atoms. The Kier molecular flexibility index (Phi) is 3.38. The lowest BCUT2D eigenvalue weighted by Gasteiger charge is -2.55. The van der Waals surface area contributed by atoms with Crippen molar-refractivity contribution in [3.8, 4) is 0 Å². The quantitative estimate of drug-likeness (QED) is 0.640. The minimum Gasteiger partial charge on any atom is -0.453 e. The van der Waals surface area contributed by atoms with Gasteiger partial charge in [-0.1, -0.05) is 32.4 Å². The summed E-state index contributed by atoms with van der Waals surface area (Å²) in [4.78, 5) is 24.8. The van der Waals surface area contributed by atoms with Gasteiger partial charge in [-0.05, 0) is 38.5 Å². The van der Waals surface area contributed by atoms with Crippen LogP contribution in [-0.2, 0) is 14.3 Å². The van der Waals surface area contributed by atoms with Crippen LogP contribution in [0.1, 0.15) is 52.9 Å². The van der Waals surface area contributed by atoms with E-state index in [-0.39, 0.29) is 23.7 Å². The lowest BCUT2D eigenvalue weighted by atomic mass is 9.61. The number of nitrogens with one attached hydrogen (secondary N) is 1. The van der Waals surface area contributed by atoms with Crippen LogP contribution in [0.3, 0.4) is 0 Å². The van der Waals surface area contributed by atoms with Gasteiger partial charge in [0, 0.05) is 5.92 Å². The van der Waals surface area contributed by atoms with Crippen LogP contribution in [0.2, 0.25) is 0 Å². The Morgan fingerprint density at radius 2 is 2.24 bits per heavy atom. The maximum atomic E-state index is 12.4. The third-order valence-corrected chi connectivity index (χ3v) is 5.91. The predicted molar refractivity (Wildman–Crippen MR) is 79.4 cm³/mol. The van der Waals surface area contributed by atoms with Gasteiger partial charge in [0.15, 0.2) is 11.1 Å². The van der Waals surface area contributed by atoms with Crippen molar-refractivity contribution in [2.45, 2.75) is 64.0 Å². The fraction of sp³-hybridized carbons (Fsp3) is 0.765. The molecule has 3 aliphatic rings. The summed E-state index contributed by atoms with van der Waals surface area (Å²) in [5.41, 5.74) is -1.50. The number of hydrogen-bond donors (Lipinski definition) is 1. The van der Waals surface area contributed by atoms with Crippen LogP contribution < -0.4 is 5.32 Å².